The lowest BCUT2D eigenvalue weighted by atomic mass is 10.1. The van der Waals surface area contributed by atoms with Crippen molar-refractivity contribution in [2.45, 2.75) is 19.3 Å². The first-order valence-electron chi connectivity index (χ1n) is 5.27. The van der Waals surface area contributed by atoms with Gasteiger partial charge < -0.3 is 4.74 Å². The van der Waals surface area contributed by atoms with Crippen LogP contribution in [0.4, 0.5) is 0 Å². The highest BCUT2D eigenvalue weighted by molar-refractivity contribution is 7.14. The quantitative estimate of drug-likeness (QED) is 0.795. The first-order valence-corrected chi connectivity index (χ1v) is 7.02. The zero-order valence-electron chi connectivity index (χ0n) is 9.67. The van der Waals surface area contributed by atoms with E-state index in [1.807, 2.05) is 23.8 Å². The lowest BCUT2D eigenvalue weighted by molar-refractivity contribution is -0.140. The van der Waals surface area contributed by atoms with Gasteiger partial charge in [-0.3, -0.25) is 4.79 Å². The van der Waals surface area contributed by atoms with E-state index < -0.39 is 0 Å². The third kappa shape index (κ3) is 2.92. The van der Waals surface area contributed by atoms with Gasteiger partial charge >= 0.3 is 5.97 Å². The highest BCUT2D eigenvalue weighted by atomic mass is 32.1. The predicted octanol–water partition coefficient (Wildman–Crippen LogP) is 3.54. The molecule has 2 heterocycles. The number of methoxy groups -OCH3 is 1. The summed E-state index contributed by atoms with van der Waals surface area (Å²) in [6.07, 6.45) is 0.383. The number of esters is 1. The van der Waals surface area contributed by atoms with Crippen LogP contribution in [0.1, 0.15) is 24.3 Å². The molecular formula is C12H13NO2S2. The van der Waals surface area contributed by atoms with Gasteiger partial charge in [0.1, 0.15) is 0 Å². The average Bonchev–Trinajstić information content (AvgIpc) is 2.98. The van der Waals surface area contributed by atoms with Crippen LogP contribution in [0.25, 0.3) is 10.6 Å². The van der Waals surface area contributed by atoms with E-state index >= 15 is 0 Å². The molecule has 90 valence electrons. The van der Waals surface area contributed by atoms with Crippen LogP contribution in [0.5, 0.6) is 0 Å². The second-order valence-electron chi connectivity index (χ2n) is 3.73. The molecule has 0 aliphatic rings. The summed E-state index contributed by atoms with van der Waals surface area (Å²) in [5.74, 6) is -0.0773. The molecule has 17 heavy (non-hydrogen) atoms. The van der Waals surface area contributed by atoms with Gasteiger partial charge in [0.2, 0.25) is 0 Å². The average molecular weight is 267 g/mol. The van der Waals surface area contributed by atoms with E-state index in [2.05, 4.69) is 15.8 Å². The van der Waals surface area contributed by atoms with Crippen LogP contribution in [0.15, 0.2) is 22.9 Å². The molecule has 1 atom stereocenters. The van der Waals surface area contributed by atoms with Gasteiger partial charge in [0.25, 0.3) is 0 Å². The molecule has 0 fully saturated rings. The smallest absolute Gasteiger partial charge is 0.306 e. The Bertz CT molecular complexity index is 490. The minimum atomic E-state index is -0.189. The molecule has 0 aliphatic carbocycles. The summed E-state index contributed by atoms with van der Waals surface area (Å²) in [6.45, 7) is 1.99. The normalized spacial score (nSPS) is 12.4. The maximum atomic E-state index is 11.2. The van der Waals surface area contributed by atoms with Crippen molar-refractivity contribution in [2.75, 3.05) is 7.11 Å². The molecular weight excluding hydrogens is 254 g/mol. The molecule has 0 aromatic carbocycles. The first-order chi connectivity index (χ1) is 8.20. The Kier molecular flexibility index (Phi) is 3.91. The molecule has 1 unspecified atom stereocenters. The van der Waals surface area contributed by atoms with Gasteiger partial charge in [-0.25, -0.2) is 4.98 Å². The summed E-state index contributed by atoms with van der Waals surface area (Å²) in [5.41, 5.74) is 0.997. The number of carbonyl (C=O) groups excluding carboxylic acids is 1. The van der Waals surface area contributed by atoms with Crippen molar-refractivity contribution in [1.82, 2.24) is 4.98 Å². The largest absolute Gasteiger partial charge is 0.469 e. The molecule has 0 bridgehead atoms. The lowest BCUT2D eigenvalue weighted by Crippen LogP contribution is -2.05. The van der Waals surface area contributed by atoms with Crippen LogP contribution in [0.2, 0.25) is 0 Å². The standard InChI is InChI=1S/C12H13NO2S2/c1-8(6-11(14)15-2)12-13-9(7-17-12)10-4-3-5-16-10/h3-5,7-8H,6H2,1-2H3. The fourth-order valence-electron chi connectivity index (χ4n) is 1.47. The number of thiophene rings is 1. The van der Waals surface area contributed by atoms with E-state index in [9.17, 15) is 4.79 Å². The minimum Gasteiger partial charge on any atom is -0.469 e. The topological polar surface area (TPSA) is 39.2 Å². The summed E-state index contributed by atoms with van der Waals surface area (Å²) < 4.78 is 4.66. The Balaban J connectivity index is 2.10. The fourth-order valence-corrected chi connectivity index (χ4v) is 3.11. The molecule has 2 rings (SSSR count). The monoisotopic (exact) mass is 267 g/mol. The highest BCUT2D eigenvalue weighted by Gasteiger charge is 2.15. The van der Waals surface area contributed by atoms with Crippen molar-refractivity contribution < 1.29 is 9.53 Å². The van der Waals surface area contributed by atoms with Crippen molar-refractivity contribution in [1.29, 1.82) is 0 Å². The fraction of sp³-hybridized carbons (Fsp3) is 0.333. The molecule has 0 N–H and O–H groups in total. The van der Waals surface area contributed by atoms with Crippen LogP contribution >= 0.6 is 22.7 Å². The number of hydrogen-bond acceptors (Lipinski definition) is 5. The molecule has 2 aromatic heterocycles. The molecule has 5 heteroatoms. The van der Waals surface area contributed by atoms with E-state index in [1.54, 1.807) is 22.7 Å². The molecule has 0 aliphatic heterocycles. The van der Waals surface area contributed by atoms with E-state index in [4.69, 9.17) is 0 Å². The Morgan fingerprint density at radius 1 is 1.53 bits per heavy atom. The third-order valence-electron chi connectivity index (χ3n) is 2.42. The van der Waals surface area contributed by atoms with Crippen LogP contribution in [-0.2, 0) is 9.53 Å². The third-order valence-corrected chi connectivity index (χ3v) is 4.39. The molecule has 0 spiro atoms. The van der Waals surface area contributed by atoms with Crippen LogP contribution in [-0.4, -0.2) is 18.1 Å². The Hall–Kier alpha value is -1.20. The van der Waals surface area contributed by atoms with E-state index in [-0.39, 0.29) is 11.9 Å². The number of aromatic nitrogens is 1. The first kappa shape index (κ1) is 12.3. The van der Waals surface area contributed by atoms with Gasteiger partial charge in [0.15, 0.2) is 0 Å². The molecule has 0 amide bonds. The van der Waals surface area contributed by atoms with Gasteiger partial charge in [-0.05, 0) is 11.4 Å². The van der Waals surface area contributed by atoms with E-state index in [0.717, 1.165) is 15.6 Å². The predicted molar refractivity (Wildman–Crippen MR) is 70.5 cm³/mol. The van der Waals surface area contributed by atoms with Crippen molar-refractivity contribution in [3.05, 3.63) is 27.9 Å². The molecule has 3 nitrogen and oxygen atoms in total. The number of thiazole rings is 1. The van der Waals surface area contributed by atoms with Gasteiger partial charge in [-0.1, -0.05) is 13.0 Å². The minimum absolute atomic E-state index is 0.112. The molecule has 0 saturated carbocycles. The lowest BCUT2D eigenvalue weighted by Gasteiger charge is -2.05. The Labute approximate surface area is 108 Å². The zero-order valence-corrected chi connectivity index (χ0v) is 11.3. The van der Waals surface area contributed by atoms with Crippen molar-refractivity contribution in [2.24, 2.45) is 0 Å². The number of hydrogen-bond donors (Lipinski definition) is 0. The molecule has 2 aromatic rings. The second kappa shape index (κ2) is 5.42. The summed E-state index contributed by atoms with van der Waals surface area (Å²) in [4.78, 5) is 16.9. The number of carbonyl (C=O) groups is 1. The van der Waals surface area contributed by atoms with Crippen molar-refractivity contribution >= 4 is 28.6 Å². The van der Waals surface area contributed by atoms with Crippen LogP contribution < -0.4 is 0 Å². The van der Waals surface area contributed by atoms with Gasteiger partial charge in [0.05, 0.1) is 29.1 Å². The Morgan fingerprint density at radius 3 is 3.00 bits per heavy atom. The van der Waals surface area contributed by atoms with E-state index in [1.165, 1.54) is 7.11 Å². The summed E-state index contributed by atoms with van der Waals surface area (Å²) >= 11 is 3.27. The van der Waals surface area contributed by atoms with Gasteiger partial charge in [-0.15, -0.1) is 22.7 Å². The van der Waals surface area contributed by atoms with E-state index in [0.29, 0.717) is 6.42 Å². The number of ether oxygens (including phenoxy) is 1. The maximum absolute atomic E-state index is 11.2. The Morgan fingerprint density at radius 2 is 2.35 bits per heavy atom. The maximum Gasteiger partial charge on any atom is 0.306 e. The molecule has 0 saturated heterocycles. The van der Waals surface area contributed by atoms with Gasteiger partial charge in [-0.2, -0.15) is 0 Å². The highest BCUT2D eigenvalue weighted by Crippen LogP contribution is 2.30. The summed E-state index contributed by atoms with van der Waals surface area (Å²) in [6, 6.07) is 4.06. The van der Waals surface area contributed by atoms with Crippen molar-refractivity contribution in [3.8, 4) is 10.6 Å². The SMILES string of the molecule is COC(=O)CC(C)c1nc(-c2cccs2)cs1. The summed E-state index contributed by atoms with van der Waals surface area (Å²) in [7, 11) is 1.41. The summed E-state index contributed by atoms with van der Waals surface area (Å²) in [5, 5.41) is 5.06. The second-order valence-corrected chi connectivity index (χ2v) is 5.57. The number of nitrogens with zero attached hydrogens (tertiary/aromatic N) is 1. The number of rotatable bonds is 4. The van der Waals surface area contributed by atoms with Crippen LogP contribution in [0.3, 0.4) is 0 Å². The molecule has 0 radical (unpaired) electrons. The van der Waals surface area contributed by atoms with Crippen LogP contribution in [0, 0.1) is 0 Å². The zero-order chi connectivity index (χ0) is 12.3. The van der Waals surface area contributed by atoms with Crippen molar-refractivity contribution in [3.63, 3.8) is 0 Å². The van der Waals surface area contributed by atoms with Gasteiger partial charge in [0, 0.05) is 11.3 Å².